The van der Waals surface area contributed by atoms with Gasteiger partial charge in [0.15, 0.2) is 11.6 Å². The summed E-state index contributed by atoms with van der Waals surface area (Å²) in [6.07, 6.45) is 0. The van der Waals surface area contributed by atoms with Crippen LogP contribution in [-0.2, 0) is 5.41 Å². The maximum atomic E-state index is 5.21. The lowest BCUT2D eigenvalue weighted by atomic mass is 9.82. The van der Waals surface area contributed by atoms with Crippen molar-refractivity contribution in [2.75, 3.05) is 0 Å². The predicted octanol–water partition coefficient (Wildman–Crippen LogP) is 11.0. The van der Waals surface area contributed by atoms with Crippen LogP contribution in [0.2, 0.25) is 0 Å². The van der Waals surface area contributed by atoms with Crippen LogP contribution in [0.3, 0.4) is 0 Å². The van der Waals surface area contributed by atoms with Gasteiger partial charge in [0.1, 0.15) is 0 Å². The van der Waals surface area contributed by atoms with E-state index in [1.807, 2.05) is 47.7 Å². The zero-order valence-electron chi connectivity index (χ0n) is 25.9. The maximum absolute atomic E-state index is 5.21. The number of thiophene rings is 1. The molecule has 47 heavy (non-hydrogen) atoms. The summed E-state index contributed by atoms with van der Waals surface area (Å²) >= 11 is 1.84. The molecule has 0 amide bonds. The quantitative estimate of drug-likeness (QED) is 0.197. The van der Waals surface area contributed by atoms with E-state index in [9.17, 15) is 0 Å². The largest absolute Gasteiger partial charge is 0.278 e. The molecule has 0 bridgehead atoms. The number of hydrogen-bond acceptors (Lipinski definition) is 4. The molecular formula is C42H28N4S. The summed E-state index contributed by atoms with van der Waals surface area (Å²) in [5, 5.41) is 4.97. The number of hydrogen-bond donors (Lipinski definition) is 0. The van der Waals surface area contributed by atoms with E-state index < -0.39 is 0 Å². The number of nitrogens with zero attached hydrogens (tertiary/aromatic N) is 4. The summed E-state index contributed by atoms with van der Waals surface area (Å²) in [7, 11) is 0. The molecule has 0 fully saturated rings. The van der Waals surface area contributed by atoms with Crippen LogP contribution in [0.1, 0.15) is 25.0 Å². The highest BCUT2D eigenvalue weighted by molar-refractivity contribution is 7.25. The van der Waals surface area contributed by atoms with E-state index in [-0.39, 0.29) is 5.41 Å². The summed E-state index contributed by atoms with van der Waals surface area (Å²) < 4.78 is 4.82. The summed E-state index contributed by atoms with van der Waals surface area (Å²) in [5.41, 5.74) is 9.28. The van der Waals surface area contributed by atoms with Gasteiger partial charge >= 0.3 is 0 Å². The lowest BCUT2D eigenvalue weighted by molar-refractivity contribution is 0.661. The Morgan fingerprint density at radius 2 is 1.11 bits per heavy atom. The fourth-order valence-corrected chi connectivity index (χ4v) is 8.66. The fourth-order valence-electron chi connectivity index (χ4n) is 7.54. The van der Waals surface area contributed by atoms with Gasteiger partial charge < -0.3 is 0 Å². The monoisotopic (exact) mass is 620 g/mol. The van der Waals surface area contributed by atoms with Gasteiger partial charge in [-0.1, -0.05) is 117 Å². The van der Waals surface area contributed by atoms with Crippen molar-refractivity contribution in [3.05, 3.63) is 145 Å². The highest BCUT2D eigenvalue weighted by Crippen LogP contribution is 2.51. The van der Waals surface area contributed by atoms with E-state index in [1.54, 1.807) is 0 Å². The molecule has 0 spiro atoms. The van der Waals surface area contributed by atoms with Gasteiger partial charge in [-0.05, 0) is 52.6 Å². The first-order valence-corrected chi connectivity index (χ1v) is 16.8. The molecule has 0 unspecified atom stereocenters. The Hall–Kier alpha value is -5.65. The predicted molar refractivity (Wildman–Crippen MR) is 195 cm³/mol. The lowest BCUT2D eigenvalue weighted by Gasteiger charge is -2.21. The van der Waals surface area contributed by atoms with Gasteiger partial charge in [-0.3, -0.25) is 4.57 Å². The minimum atomic E-state index is -0.137. The van der Waals surface area contributed by atoms with Gasteiger partial charge in [0, 0.05) is 47.5 Å². The molecular weight excluding hydrogens is 593 g/mol. The number of aromatic nitrogens is 4. The second-order valence-corrected chi connectivity index (χ2v) is 14.0. The summed E-state index contributed by atoms with van der Waals surface area (Å²) in [4.78, 5) is 15.4. The van der Waals surface area contributed by atoms with Crippen LogP contribution in [0.25, 0.3) is 81.8 Å². The smallest absolute Gasteiger partial charge is 0.238 e. The van der Waals surface area contributed by atoms with Crippen LogP contribution in [0, 0.1) is 0 Å². The van der Waals surface area contributed by atoms with Crippen LogP contribution in [0.5, 0.6) is 0 Å². The molecule has 4 nitrogen and oxygen atoms in total. The Labute approximate surface area is 275 Å². The second kappa shape index (κ2) is 9.68. The fraction of sp³-hybridized carbons (Fsp3) is 0.0714. The molecule has 0 radical (unpaired) electrons. The van der Waals surface area contributed by atoms with Crippen molar-refractivity contribution in [3.63, 3.8) is 0 Å². The zero-order valence-corrected chi connectivity index (χ0v) is 26.7. The Kier molecular flexibility index (Phi) is 5.47. The Morgan fingerprint density at radius 1 is 0.489 bits per heavy atom. The first-order valence-electron chi connectivity index (χ1n) is 16.0. The van der Waals surface area contributed by atoms with Crippen LogP contribution in [0.4, 0.5) is 0 Å². The number of fused-ring (bicyclic) bond motifs is 9. The van der Waals surface area contributed by atoms with Crippen molar-refractivity contribution in [3.8, 4) is 39.9 Å². The third kappa shape index (κ3) is 3.84. The average Bonchev–Trinajstić information content (AvgIpc) is 3.72. The first-order chi connectivity index (χ1) is 23.0. The average molecular weight is 621 g/mol. The third-order valence-corrected chi connectivity index (χ3v) is 11.0. The second-order valence-electron chi connectivity index (χ2n) is 12.9. The summed E-state index contributed by atoms with van der Waals surface area (Å²) in [6.45, 7) is 4.67. The van der Waals surface area contributed by atoms with Crippen molar-refractivity contribution in [2.24, 2.45) is 0 Å². The van der Waals surface area contributed by atoms with Gasteiger partial charge in [-0.15, -0.1) is 11.3 Å². The minimum Gasteiger partial charge on any atom is -0.278 e. The summed E-state index contributed by atoms with van der Waals surface area (Å²) in [5.74, 6) is 1.93. The number of rotatable bonds is 3. The molecule has 6 aromatic carbocycles. The Balaban J connectivity index is 1.35. The van der Waals surface area contributed by atoms with Crippen LogP contribution < -0.4 is 0 Å². The van der Waals surface area contributed by atoms with Crippen molar-refractivity contribution < 1.29 is 0 Å². The van der Waals surface area contributed by atoms with Gasteiger partial charge in [0.05, 0.1) is 11.0 Å². The molecule has 0 aliphatic heterocycles. The highest BCUT2D eigenvalue weighted by Gasteiger charge is 2.36. The number of benzene rings is 6. The van der Waals surface area contributed by atoms with Crippen LogP contribution in [0.15, 0.2) is 133 Å². The van der Waals surface area contributed by atoms with Crippen molar-refractivity contribution >= 4 is 53.3 Å². The van der Waals surface area contributed by atoms with E-state index in [0.29, 0.717) is 17.6 Å². The molecule has 1 aliphatic carbocycles. The third-order valence-electron chi connectivity index (χ3n) is 9.85. The Bertz CT molecular complexity index is 2640. The molecule has 0 N–H and O–H groups in total. The van der Waals surface area contributed by atoms with Gasteiger partial charge in [0.2, 0.25) is 5.95 Å². The molecule has 10 rings (SSSR count). The SMILES string of the molecule is CC1(C)c2ccccc2-c2cc3c4cc5c(cc4n(-c4nc(-c6ccccc6)nc(-c6ccccc6)n4)c3cc21)sc1ccccc15. The van der Waals surface area contributed by atoms with Gasteiger partial charge in [-0.2, -0.15) is 9.97 Å². The molecule has 1 aliphatic rings. The molecule has 5 heteroatoms. The van der Waals surface area contributed by atoms with E-state index in [2.05, 4.69) is 115 Å². The van der Waals surface area contributed by atoms with E-state index >= 15 is 0 Å². The van der Waals surface area contributed by atoms with Crippen LogP contribution in [-0.4, -0.2) is 19.5 Å². The standard InChI is InChI=1S/C42H28N4S/c1-42(2)33-19-11-9-17-27(33)29-21-30-31-22-32-28-18-10-12-20-37(28)47-38(32)24-36(31)46(35(30)23-34(29)42)41-44-39(25-13-5-3-6-14-25)43-40(45-41)26-15-7-4-8-16-26/h3-24H,1-2H3. The van der Waals surface area contributed by atoms with E-state index in [4.69, 9.17) is 15.0 Å². The lowest BCUT2D eigenvalue weighted by Crippen LogP contribution is -2.15. The first kappa shape index (κ1) is 26.6. The van der Waals surface area contributed by atoms with Crippen molar-refractivity contribution in [1.82, 2.24) is 19.5 Å². The Morgan fingerprint density at radius 3 is 1.85 bits per heavy atom. The molecule has 3 heterocycles. The zero-order chi connectivity index (χ0) is 31.3. The van der Waals surface area contributed by atoms with Crippen molar-refractivity contribution in [2.45, 2.75) is 19.3 Å². The highest BCUT2D eigenvalue weighted by atomic mass is 32.1. The molecule has 9 aromatic rings. The van der Waals surface area contributed by atoms with E-state index in [1.165, 1.54) is 53.2 Å². The molecule has 3 aromatic heterocycles. The molecule has 222 valence electrons. The van der Waals surface area contributed by atoms with Crippen molar-refractivity contribution in [1.29, 1.82) is 0 Å². The normalized spacial score (nSPS) is 13.5. The molecule has 0 atom stereocenters. The summed E-state index contributed by atoms with van der Waals surface area (Å²) in [6, 6.07) is 47.5. The minimum absolute atomic E-state index is 0.137. The van der Waals surface area contributed by atoms with Crippen LogP contribution >= 0.6 is 11.3 Å². The molecule has 0 saturated carbocycles. The maximum Gasteiger partial charge on any atom is 0.238 e. The van der Waals surface area contributed by atoms with E-state index in [0.717, 1.165) is 22.2 Å². The molecule has 0 saturated heterocycles. The van der Waals surface area contributed by atoms with Gasteiger partial charge in [-0.25, -0.2) is 4.98 Å². The topological polar surface area (TPSA) is 43.6 Å². The van der Waals surface area contributed by atoms with Gasteiger partial charge in [0.25, 0.3) is 0 Å².